The smallest absolute Gasteiger partial charge is 0.272 e. The van der Waals surface area contributed by atoms with Gasteiger partial charge < -0.3 is 15.1 Å². The number of benzene rings is 2. The third kappa shape index (κ3) is 3.97. The number of rotatable bonds is 5. The van der Waals surface area contributed by atoms with E-state index in [0.29, 0.717) is 24.1 Å². The predicted octanol–water partition coefficient (Wildman–Crippen LogP) is 3.53. The summed E-state index contributed by atoms with van der Waals surface area (Å²) in [5.41, 5.74) is 3.93. The van der Waals surface area contributed by atoms with Crippen molar-refractivity contribution in [2.75, 3.05) is 29.9 Å². The van der Waals surface area contributed by atoms with Gasteiger partial charge in [0, 0.05) is 48.2 Å². The van der Waals surface area contributed by atoms with Gasteiger partial charge in [0.2, 0.25) is 5.91 Å². The van der Waals surface area contributed by atoms with E-state index in [1.807, 2.05) is 12.1 Å². The molecule has 1 unspecified atom stereocenters. The van der Waals surface area contributed by atoms with Gasteiger partial charge in [-0.3, -0.25) is 19.7 Å². The van der Waals surface area contributed by atoms with E-state index in [1.165, 1.54) is 23.8 Å². The Bertz CT molecular complexity index is 1050. The van der Waals surface area contributed by atoms with Crippen molar-refractivity contribution in [3.05, 3.63) is 63.2 Å². The lowest BCUT2D eigenvalue weighted by Gasteiger charge is -2.24. The van der Waals surface area contributed by atoms with Crippen molar-refractivity contribution in [2.45, 2.75) is 39.2 Å². The Labute approximate surface area is 181 Å². The Morgan fingerprint density at radius 3 is 2.71 bits per heavy atom. The number of likely N-dealkylation sites (tertiary alicyclic amines) is 1. The van der Waals surface area contributed by atoms with E-state index in [4.69, 9.17) is 0 Å². The second-order valence-corrected chi connectivity index (χ2v) is 8.08. The number of nitrogens with one attached hydrogen (secondary N) is 1. The fourth-order valence-corrected chi connectivity index (χ4v) is 4.52. The number of nitro groups is 1. The summed E-state index contributed by atoms with van der Waals surface area (Å²) in [5.74, 6) is -0.479. The van der Waals surface area contributed by atoms with Gasteiger partial charge in [-0.05, 0) is 62.9 Å². The molecule has 0 radical (unpaired) electrons. The monoisotopic (exact) mass is 422 g/mol. The highest BCUT2D eigenvalue weighted by Crippen LogP contribution is 2.31. The number of aryl methyl sites for hydroxylation is 1. The van der Waals surface area contributed by atoms with Crippen LogP contribution in [0.3, 0.4) is 0 Å². The predicted molar refractivity (Wildman–Crippen MR) is 119 cm³/mol. The van der Waals surface area contributed by atoms with Gasteiger partial charge in [-0.2, -0.15) is 0 Å². The summed E-state index contributed by atoms with van der Waals surface area (Å²) in [6.45, 7) is 6.12. The molecule has 2 aromatic rings. The Morgan fingerprint density at radius 1 is 1.19 bits per heavy atom. The van der Waals surface area contributed by atoms with Crippen molar-refractivity contribution in [2.24, 2.45) is 0 Å². The third-order valence-corrected chi connectivity index (χ3v) is 6.18. The summed E-state index contributed by atoms with van der Waals surface area (Å²) in [4.78, 5) is 40.5. The van der Waals surface area contributed by atoms with E-state index in [9.17, 15) is 19.7 Å². The van der Waals surface area contributed by atoms with E-state index < -0.39 is 11.0 Å². The average Bonchev–Trinajstić information content (AvgIpc) is 3.39. The SMILES string of the molecule is CCN1CCc2ccc(NC(=O)C3CCCN3C(=O)c3ccc([N+](=O)[O-])c(C)c3)cc21. The molecule has 8 nitrogen and oxygen atoms in total. The fraction of sp³-hybridized carbons (Fsp3) is 0.391. The van der Waals surface area contributed by atoms with Crippen LogP contribution >= 0.6 is 0 Å². The molecule has 1 N–H and O–H groups in total. The van der Waals surface area contributed by atoms with Crippen LogP contribution in [0.25, 0.3) is 0 Å². The van der Waals surface area contributed by atoms with Crippen LogP contribution in [0.2, 0.25) is 0 Å². The minimum absolute atomic E-state index is 0.0232. The van der Waals surface area contributed by atoms with E-state index in [2.05, 4.69) is 23.2 Å². The minimum atomic E-state index is -0.557. The second-order valence-electron chi connectivity index (χ2n) is 8.08. The van der Waals surface area contributed by atoms with Gasteiger partial charge in [-0.25, -0.2) is 0 Å². The van der Waals surface area contributed by atoms with Gasteiger partial charge in [0.1, 0.15) is 6.04 Å². The van der Waals surface area contributed by atoms with Crippen molar-refractivity contribution in [3.63, 3.8) is 0 Å². The van der Waals surface area contributed by atoms with Crippen molar-refractivity contribution < 1.29 is 14.5 Å². The molecule has 162 valence electrons. The van der Waals surface area contributed by atoms with Gasteiger partial charge in [0.05, 0.1) is 4.92 Å². The summed E-state index contributed by atoms with van der Waals surface area (Å²) in [6, 6.07) is 9.74. The minimum Gasteiger partial charge on any atom is -0.371 e. The normalized spacial score (nSPS) is 17.5. The molecule has 0 saturated carbocycles. The summed E-state index contributed by atoms with van der Waals surface area (Å²) in [7, 11) is 0. The Kier molecular flexibility index (Phi) is 5.63. The molecule has 2 aliphatic rings. The summed E-state index contributed by atoms with van der Waals surface area (Å²) >= 11 is 0. The zero-order valence-electron chi connectivity index (χ0n) is 17.8. The molecule has 0 aliphatic carbocycles. The van der Waals surface area contributed by atoms with Crippen LogP contribution in [-0.4, -0.2) is 47.3 Å². The molecular weight excluding hydrogens is 396 g/mol. The first-order valence-electron chi connectivity index (χ1n) is 10.6. The summed E-state index contributed by atoms with van der Waals surface area (Å²) < 4.78 is 0. The lowest BCUT2D eigenvalue weighted by Crippen LogP contribution is -2.43. The van der Waals surface area contributed by atoms with Crippen LogP contribution < -0.4 is 10.2 Å². The third-order valence-electron chi connectivity index (χ3n) is 6.18. The summed E-state index contributed by atoms with van der Waals surface area (Å²) in [5, 5.41) is 14.0. The first-order valence-corrected chi connectivity index (χ1v) is 10.6. The molecule has 4 rings (SSSR count). The largest absolute Gasteiger partial charge is 0.371 e. The number of nitrogens with zero attached hydrogens (tertiary/aromatic N) is 3. The molecule has 2 heterocycles. The molecule has 2 aliphatic heterocycles. The highest BCUT2D eigenvalue weighted by atomic mass is 16.6. The molecule has 1 atom stereocenters. The van der Waals surface area contributed by atoms with Gasteiger partial charge in [0.25, 0.3) is 11.6 Å². The molecule has 31 heavy (non-hydrogen) atoms. The van der Waals surface area contributed by atoms with E-state index in [1.54, 1.807) is 11.8 Å². The number of amides is 2. The number of carbonyl (C=O) groups is 2. The second kappa shape index (κ2) is 8.37. The number of hydrogen-bond acceptors (Lipinski definition) is 5. The maximum atomic E-state index is 13.1. The van der Waals surface area contributed by atoms with Gasteiger partial charge in [-0.15, -0.1) is 0 Å². The maximum absolute atomic E-state index is 13.1. The zero-order chi connectivity index (χ0) is 22.1. The van der Waals surface area contributed by atoms with Crippen LogP contribution in [0.15, 0.2) is 36.4 Å². The highest BCUT2D eigenvalue weighted by molar-refractivity contribution is 6.02. The van der Waals surface area contributed by atoms with Gasteiger partial charge >= 0.3 is 0 Å². The lowest BCUT2D eigenvalue weighted by atomic mass is 10.1. The fourth-order valence-electron chi connectivity index (χ4n) is 4.52. The number of carbonyl (C=O) groups excluding carboxylic acids is 2. The molecule has 1 saturated heterocycles. The highest BCUT2D eigenvalue weighted by Gasteiger charge is 2.35. The molecule has 2 aromatic carbocycles. The van der Waals surface area contributed by atoms with Crippen molar-refractivity contribution in [3.8, 4) is 0 Å². The van der Waals surface area contributed by atoms with Crippen LogP contribution in [0.1, 0.15) is 41.3 Å². The zero-order valence-corrected chi connectivity index (χ0v) is 17.8. The van der Waals surface area contributed by atoms with Crippen LogP contribution in [0.4, 0.5) is 17.1 Å². The number of nitro benzene ring substituents is 1. The first kappa shape index (κ1) is 20.8. The van der Waals surface area contributed by atoms with Crippen molar-refractivity contribution in [1.82, 2.24) is 4.90 Å². The van der Waals surface area contributed by atoms with E-state index >= 15 is 0 Å². The van der Waals surface area contributed by atoms with Crippen molar-refractivity contribution in [1.29, 1.82) is 0 Å². The molecule has 0 bridgehead atoms. The Balaban J connectivity index is 1.49. The summed E-state index contributed by atoms with van der Waals surface area (Å²) in [6.07, 6.45) is 2.34. The van der Waals surface area contributed by atoms with Crippen LogP contribution in [0.5, 0.6) is 0 Å². The number of anilines is 2. The quantitative estimate of drug-likeness (QED) is 0.587. The standard InChI is InChI=1S/C23H26N4O4/c1-3-25-12-10-16-6-8-18(14-21(16)25)24-22(28)20-5-4-11-26(20)23(29)17-7-9-19(27(30)31)15(2)13-17/h6-9,13-14,20H,3-5,10-12H2,1-2H3,(H,24,28). The molecular formula is C23H26N4O4. The molecule has 0 aromatic heterocycles. The van der Waals surface area contributed by atoms with Crippen LogP contribution in [0, 0.1) is 17.0 Å². The number of fused-ring (bicyclic) bond motifs is 1. The molecule has 1 fully saturated rings. The van der Waals surface area contributed by atoms with Gasteiger partial charge in [0.15, 0.2) is 0 Å². The number of likely N-dealkylation sites (N-methyl/N-ethyl adjacent to an activating group) is 1. The van der Waals surface area contributed by atoms with Crippen molar-refractivity contribution >= 4 is 28.9 Å². The van der Waals surface area contributed by atoms with Gasteiger partial charge in [-0.1, -0.05) is 6.07 Å². The average molecular weight is 422 g/mol. The lowest BCUT2D eigenvalue weighted by molar-refractivity contribution is -0.385. The Morgan fingerprint density at radius 2 is 2.00 bits per heavy atom. The maximum Gasteiger partial charge on any atom is 0.272 e. The van der Waals surface area contributed by atoms with E-state index in [0.717, 1.165) is 37.3 Å². The van der Waals surface area contributed by atoms with Crippen LogP contribution in [-0.2, 0) is 11.2 Å². The molecule has 0 spiro atoms. The number of hydrogen-bond donors (Lipinski definition) is 1. The first-order chi connectivity index (χ1) is 14.9. The Hall–Kier alpha value is -3.42. The topological polar surface area (TPSA) is 95.8 Å². The molecule has 2 amide bonds. The van der Waals surface area contributed by atoms with E-state index in [-0.39, 0.29) is 17.5 Å². The molecule has 8 heteroatoms.